The van der Waals surface area contributed by atoms with Gasteiger partial charge in [-0.05, 0) is 49.8 Å². The maximum absolute atomic E-state index is 12.5. The molecule has 2 N–H and O–H groups in total. The SMILES string of the molecule is CC(NC(=O)C1CC2CCCCC2N1)c1cccc(Br)c1. The molecule has 1 aromatic rings. The highest BCUT2D eigenvalue weighted by Gasteiger charge is 2.38. The lowest BCUT2D eigenvalue weighted by atomic mass is 9.85. The maximum Gasteiger partial charge on any atom is 0.237 e. The Morgan fingerprint density at radius 2 is 2.19 bits per heavy atom. The first-order valence-electron chi connectivity index (χ1n) is 7.95. The predicted octanol–water partition coefficient (Wildman–Crippen LogP) is 3.55. The van der Waals surface area contributed by atoms with Gasteiger partial charge in [0.25, 0.3) is 0 Å². The summed E-state index contributed by atoms with van der Waals surface area (Å²) >= 11 is 3.48. The lowest BCUT2D eigenvalue weighted by Gasteiger charge is -2.24. The van der Waals surface area contributed by atoms with Crippen LogP contribution in [0.5, 0.6) is 0 Å². The average molecular weight is 351 g/mol. The molecule has 21 heavy (non-hydrogen) atoms. The van der Waals surface area contributed by atoms with Crippen molar-refractivity contribution in [2.75, 3.05) is 0 Å². The van der Waals surface area contributed by atoms with Crippen LogP contribution in [0.1, 0.15) is 50.6 Å². The van der Waals surface area contributed by atoms with Crippen molar-refractivity contribution in [1.82, 2.24) is 10.6 Å². The third-order valence-corrected chi connectivity index (χ3v) is 5.38. The van der Waals surface area contributed by atoms with Gasteiger partial charge in [-0.15, -0.1) is 0 Å². The lowest BCUT2D eigenvalue weighted by Crippen LogP contribution is -2.43. The van der Waals surface area contributed by atoms with Crippen molar-refractivity contribution in [1.29, 1.82) is 0 Å². The summed E-state index contributed by atoms with van der Waals surface area (Å²) in [6.07, 6.45) is 6.14. The second-order valence-electron chi connectivity index (χ2n) is 6.39. The van der Waals surface area contributed by atoms with Crippen molar-refractivity contribution < 1.29 is 4.79 Å². The number of rotatable bonds is 3. The third-order valence-electron chi connectivity index (χ3n) is 4.89. The van der Waals surface area contributed by atoms with Gasteiger partial charge in [0.15, 0.2) is 0 Å². The molecule has 2 aliphatic rings. The molecule has 0 aromatic heterocycles. The van der Waals surface area contributed by atoms with E-state index in [9.17, 15) is 4.79 Å². The lowest BCUT2D eigenvalue weighted by molar-refractivity contribution is -0.123. The van der Waals surface area contributed by atoms with E-state index in [1.54, 1.807) is 0 Å². The van der Waals surface area contributed by atoms with Crippen LogP contribution in [-0.2, 0) is 4.79 Å². The maximum atomic E-state index is 12.5. The smallest absolute Gasteiger partial charge is 0.237 e. The largest absolute Gasteiger partial charge is 0.348 e. The Morgan fingerprint density at radius 1 is 1.38 bits per heavy atom. The number of carbonyl (C=O) groups excluding carboxylic acids is 1. The minimum atomic E-state index is -0.00676. The first-order chi connectivity index (χ1) is 10.1. The normalized spacial score (nSPS) is 29.7. The van der Waals surface area contributed by atoms with Crippen LogP contribution in [0.25, 0.3) is 0 Å². The van der Waals surface area contributed by atoms with Gasteiger partial charge >= 0.3 is 0 Å². The Kier molecular flexibility index (Phi) is 4.65. The number of fused-ring (bicyclic) bond motifs is 1. The second kappa shape index (κ2) is 6.49. The topological polar surface area (TPSA) is 41.1 Å². The molecule has 3 nitrogen and oxygen atoms in total. The van der Waals surface area contributed by atoms with Crippen LogP contribution in [0.2, 0.25) is 0 Å². The number of hydrogen-bond acceptors (Lipinski definition) is 2. The van der Waals surface area contributed by atoms with Crippen molar-refractivity contribution in [3.05, 3.63) is 34.3 Å². The van der Waals surface area contributed by atoms with Crippen molar-refractivity contribution >= 4 is 21.8 Å². The number of halogens is 1. The fourth-order valence-electron chi connectivity index (χ4n) is 3.69. The molecular weight excluding hydrogens is 328 g/mol. The molecule has 1 amide bonds. The summed E-state index contributed by atoms with van der Waals surface area (Å²) < 4.78 is 1.05. The zero-order valence-corrected chi connectivity index (χ0v) is 14.0. The molecular formula is C17H23BrN2O. The second-order valence-corrected chi connectivity index (χ2v) is 7.31. The van der Waals surface area contributed by atoms with Gasteiger partial charge in [0.2, 0.25) is 5.91 Å². The van der Waals surface area contributed by atoms with Crippen LogP contribution in [0.15, 0.2) is 28.7 Å². The van der Waals surface area contributed by atoms with E-state index >= 15 is 0 Å². The van der Waals surface area contributed by atoms with Gasteiger partial charge < -0.3 is 10.6 Å². The fourth-order valence-corrected chi connectivity index (χ4v) is 4.11. The van der Waals surface area contributed by atoms with Gasteiger partial charge in [-0.2, -0.15) is 0 Å². The van der Waals surface area contributed by atoms with Gasteiger partial charge in [-0.25, -0.2) is 0 Å². The van der Waals surface area contributed by atoms with Crippen LogP contribution in [0.3, 0.4) is 0 Å². The molecule has 4 heteroatoms. The average Bonchev–Trinajstić information content (AvgIpc) is 2.91. The summed E-state index contributed by atoms with van der Waals surface area (Å²) in [6.45, 7) is 2.04. The molecule has 0 bridgehead atoms. The summed E-state index contributed by atoms with van der Waals surface area (Å²) in [5, 5.41) is 6.69. The van der Waals surface area contributed by atoms with E-state index in [1.807, 2.05) is 19.1 Å². The van der Waals surface area contributed by atoms with Gasteiger partial charge in [-0.1, -0.05) is 40.9 Å². The van der Waals surface area contributed by atoms with Crippen molar-refractivity contribution in [3.8, 4) is 0 Å². The molecule has 4 unspecified atom stereocenters. The highest BCUT2D eigenvalue weighted by molar-refractivity contribution is 9.10. The first-order valence-corrected chi connectivity index (χ1v) is 8.74. The first kappa shape index (κ1) is 15.0. The summed E-state index contributed by atoms with van der Waals surface area (Å²) in [5.41, 5.74) is 1.13. The Hall–Kier alpha value is -0.870. The van der Waals surface area contributed by atoms with Crippen molar-refractivity contribution in [3.63, 3.8) is 0 Å². The summed E-state index contributed by atoms with van der Waals surface area (Å²) in [5.74, 6) is 0.854. The Bertz CT molecular complexity index is 505. The standard InChI is InChI=1S/C17H23BrN2O/c1-11(12-6-4-7-14(18)9-12)19-17(21)16-10-13-5-2-3-8-15(13)20-16/h4,6-7,9,11,13,15-16,20H,2-3,5,8,10H2,1H3,(H,19,21). The quantitative estimate of drug-likeness (QED) is 0.875. The molecule has 1 saturated carbocycles. The van der Waals surface area contributed by atoms with Gasteiger partial charge in [-0.3, -0.25) is 4.79 Å². The van der Waals surface area contributed by atoms with E-state index in [2.05, 4.69) is 38.7 Å². The van der Waals surface area contributed by atoms with Crippen molar-refractivity contribution in [2.24, 2.45) is 5.92 Å². The molecule has 2 fully saturated rings. The molecule has 114 valence electrons. The highest BCUT2D eigenvalue weighted by atomic mass is 79.9. The zero-order chi connectivity index (χ0) is 14.8. The summed E-state index contributed by atoms with van der Waals surface area (Å²) in [7, 11) is 0. The Morgan fingerprint density at radius 3 is 2.95 bits per heavy atom. The molecule has 4 atom stereocenters. The van der Waals surface area contributed by atoms with E-state index in [4.69, 9.17) is 0 Å². The molecule has 3 rings (SSSR count). The summed E-state index contributed by atoms with van der Waals surface area (Å²) in [6, 6.07) is 8.72. The van der Waals surface area contributed by atoms with E-state index < -0.39 is 0 Å². The number of hydrogen-bond donors (Lipinski definition) is 2. The highest BCUT2D eigenvalue weighted by Crippen LogP contribution is 2.33. The Balaban J connectivity index is 1.59. The minimum Gasteiger partial charge on any atom is -0.348 e. The van der Waals surface area contributed by atoms with E-state index in [0.29, 0.717) is 12.0 Å². The van der Waals surface area contributed by atoms with E-state index in [1.165, 1.54) is 25.7 Å². The molecule has 0 spiro atoms. The molecule has 1 saturated heterocycles. The van der Waals surface area contributed by atoms with Crippen LogP contribution in [-0.4, -0.2) is 18.0 Å². The van der Waals surface area contributed by atoms with Gasteiger partial charge in [0.1, 0.15) is 0 Å². The van der Waals surface area contributed by atoms with E-state index in [0.717, 1.165) is 16.5 Å². The Labute approximate surface area is 135 Å². The molecule has 1 aliphatic heterocycles. The number of nitrogens with one attached hydrogen (secondary N) is 2. The minimum absolute atomic E-state index is 0.00676. The number of benzene rings is 1. The zero-order valence-electron chi connectivity index (χ0n) is 12.4. The third kappa shape index (κ3) is 3.49. The molecule has 1 heterocycles. The van der Waals surface area contributed by atoms with Gasteiger partial charge in [0, 0.05) is 10.5 Å². The van der Waals surface area contributed by atoms with Crippen LogP contribution >= 0.6 is 15.9 Å². The fraction of sp³-hybridized carbons (Fsp3) is 0.588. The van der Waals surface area contributed by atoms with E-state index in [-0.39, 0.29) is 18.0 Å². The van der Waals surface area contributed by atoms with Crippen molar-refractivity contribution in [2.45, 2.75) is 57.2 Å². The molecule has 0 radical (unpaired) electrons. The molecule has 1 aliphatic carbocycles. The molecule has 1 aromatic carbocycles. The van der Waals surface area contributed by atoms with Crippen LogP contribution < -0.4 is 10.6 Å². The monoisotopic (exact) mass is 350 g/mol. The number of carbonyl (C=O) groups is 1. The van der Waals surface area contributed by atoms with Crippen LogP contribution in [0.4, 0.5) is 0 Å². The number of amides is 1. The van der Waals surface area contributed by atoms with Crippen LogP contribution in [0, 0.1) is 5.92 Å². The predicted molar refractivity (Wildman–Crippen MR) is 88.0 cm³/mol. The van der Waals surface area contributed by atoms with Gasteiger partial charge in [0.05, 0.1) is 12.1 Å². The summed E-state index contributed by atoms with van der Waals surface area (Å²) in [4.78, 5) is 12.5.